The third kappa shape index (κ3) is 4.04. The lowest BCUT2D eigenvalue weighted by Crippen LogP contribution is -2.50. The Morgan fingerprint density at radius 2 is 1.63 bits per heavy atom. The summed E-state index contributed by atoms with van der Waals surface area (Å²) < 4.78 is 12.1. The lowest BCUT2D eigenvalue weighted by Gasteiger charge is -2.37. The van der Waals surface area contributed by atoms with Crippen LogP contribution >= 0.6 is 11.6 Å². The van der Waals surface area contributed by atoms with Gasteiger partial charge in [0.05, 0.1) is 11.2 Å². The maximum atomic E-state index is 12.9. The van der Waals surface area contributed by atoms with Crippen LogP contribution in [0.5, 0.6) is 0 Å². The molecule has 0 spiro atoms. The van der Waals surface area contributed by atoms with E-state index in [0.29, 0.717) is 16.6 Å². The molecular formula is C20H30BClN2O3. The molecule has 1 aromatic carbocycles. The van der Waals surface area contributed by atoms with Crippen LogP contribution in [0.2, 0.25) is 5.02 Å². The topological polar surface area (TPSA) is 42.0 Å². The van der Waals surface area contributed by atoms with Crippen LogP contribution in [0.25, 0.3) is 0 Å². The van der Waals surface area contributed by atoms with Gasteiger partial charge < -0.3 is 14.2 Å². The van der Waals surface area contributed by atoms with E-state index in [-0.39, 0.29) is 5.91 Å². The van der Waals surface area contributed by atoms with Crippen LogP contribution in [0.4, 0.5) is 0 Å². The van der Waals surface area contributed by atoms with E-state index in [1.165, 1.54) is 0 Å². The Labute approximate surface area is 168 Å². The molecule has 3 rings (SSSR count). The predicted octanol–water partition coefficient (Wildman–Crippen LogP) is 2.81. The molecule has 2 heterocycles. The van der Waals surface area contributed by atoms with Gasteiger partial charge in [-0.1, -0.05) is 17.7 Å². The first-order valence-electron chi connectivity index (χ1n) is 9.70. The van der Waals surface area contributed by atoms with Crippen molar-refractivity contribution >= 4 is 30.1 Å². The Hall–Kier alpha value is -1.08. The molecule has 0 aliphatic carbocycles. The van der Waals surface area contributed by atoms with E-state index in [2.05, 4.69) is 18.7 Å². The van der Waals surface area contributed by atoms with E-state index in [1.807, 2.05) is 44.7 Å². The minimum Gasteiger partial charge on any atom is -0.399 e. The van der Waals surface area contributed by atoms with E-state index in [0.717, 1.165) is 31.6 Å². The standard InChI is InChI=1S/C20H30BClN2O3/c1-14(2)23-9-11-24(12-10-23)18(25)15-7-8-16(17(22)13-15)21-26-19(3,4)20(5,6)27-21/h7-8,13-14H,9-12H2,1-6H3. The molecule has 0 saturated carbocycles. The monoisotopic (exact) mass is 392 g/mol. The van der Waals surface area contributed by atoms with Gasteiger partial charge in [-0.2, -0.15) is 0 Å². The number of carbonyl (C=O) groups is 1. The number of hydrogen-bond acceptors (Lipinski definition) is 4. The molecule has 148 valence electrons. The summed E-state index contributed by atoms with van der Waals surface area (Å²) in [6, 6.07) is 5.92. The number of amides is 1. The summed E-state index contributed by atoms with van der Waals surface area (Å²) in [5.41, 5.74) is 0.520. The van der Waals surface area contributed by atoms with E-state index in [4.69, 9.17) is 20.9 Å². The molecule has 2 fully saturated rings. The van der Waals surface area contributed by atoms with Gasteiger partial charge in [-0.25, -0.2) is 0 Å². The third-order valence-electron chi connectivity index (χ3n) is 6.09. The van der Waals surface area contributed by atoms with Crippen LogP contribution in [0, 0.1) is 0 Å². The second-order valence-corrected chi connectivity index (χ2v) is 9.15. The summed E-state index contributed by atoms with van der Waals surface area (Å²) >= 11 is 6.50. The van der Waals surface area contributed by atoms with Crippen molar-refractivity contribution in [3.8, 4) is 0 Å². The molecule has 7 heteroatoms. The highest BCUT2D eigenvalue weighted by Gasteiger charge is 2.52. The van der Waals surface area contributed by atoms with Gasteiger partial charge in [0.2, 0.25) is 0 Å². The number of benzene rings is 1. The van der Waals surface area contributed by atoms with Gasteiger partial charge in [-0.3, -0.25) is 9.69 Å². The zero-order valence-corrected chi connectivity index (χ0v) is 18.0. The number of rotatable bonds is 3. The van der Waals surface area contributed by atoms with Gasteiger partial charge in [0.1, 0.15) is 0 Å². The van der Waals surface area contributed by atoms with Crippen molar-refractivity contribution in [2.45, 2.75) is 58.8 Å². The zero-order valence-electron chi connectivity index (χ0n) is 17.2. The summed E-state index contributed by atoms with van der Waals surface area (Å²) in [6.07, 6.45) is 0. The number of nitrogens with zero attached hydrogens (tertiary/aromatic N) is 2. The van der Waals surface area contributed by atoms with Crippen LogP contribution in [0.15, 0.2) is 18.2 Å². The Bertz CT molecular complexity index is 699. The number of halogens is 1. The molecular weight excluding hydrogens is 362 g/mol. The minimum atomic E-state index is -0.527. The van der Waals surface area contributed by atoms with Crippen molar-refractivity contribution in [1.82, 2.24) is 9.80 Å². The van der Waals surface area contributed by atoms with Crippen molar-refractivity contribution in [1.29, 1.82) is 0 Å². The largest absolute Gasteiger partial charge is 0.496 e. The second kappa shape index (κ2) is 7.39. The average molecular weight is 393 g/mol. The molecule has 27 heavy (non-hydrogen) atoms. The van der Waals surface area contributed by atoms with Crippen LogP contribution < -0.4 is 5.46 Å². The molecule has 0 aromatic heterocycles. The Morgan fingerprint density at radius 3 is 2.11 bits per heavy atom. The van der Waals surface area contributed by atoms with Gasteiger partial charge in [0.25, 0.3) is 5.91 Å². The Kier molecular flexibility index (Phi) is 5.66. The van der Waals surface area contributed by atoms with Gasteiger partial charge in [-0.15, -0.1) is 0 Å². The van der Waals surface area contributed by atoms with Gasteiger partial charge in [-0.05, 0) is 53.7 Å². The molecule has 0 radical (unpaired) electrons. The molecule has 2 saturated heterocycles. The van der Waals surface area contributed by atoms with Crippen molar-refractivity contribution in [2.24, 2.45) is 0 Å². The SMILES string of the molecule is CC(C)N1CCN(C(=O)c2ccc(B3OC(C)(C)C(C)(C)O3)c(Cl)c2)CC1. The fraction of sp³-hybridized carbons (Fsp3) is 0.650. The van der Waals surface area contributed by atoms with Crippen LogP contribution in [0.1, 0.15) is 51.9 Å². The third-order valence-corrected chi connectivity index (χ3v) is 6.41. The van der Waals surface area contributed by atoms with E-state index >= 15 is 0 Å². The fourth-order valence-corrected chi connectivity index (χ4v) is 3.71. The number of hydrogen-bond donors (Lipinski definition) is 0. The first kappa shape index (κ1) is 20.7. The molecule has 2 aliphatic rings. The molecule has 0 atom stereocenters. The normalized spacial score (nSPS) is 22.5. The highest BCUT2D eigenvalue weighted by atomic mass is 35.5. The first-order valence-corrected chi connectivity index (χ1v) is 10.1. The highest BCUT2D eigenvalue weighted by molar-refractivity contribution is 6.65. The second-order valence-electron chi connectivity index (χ2n) is 8.75. The molecule has 0 unspecified atom stereocenters. The van der Waals surface area contributed by atoms with Crippen LogP contribution in [-0.2, 0) is 9.31 Å². The van der Waals surface area contributed by atoms with Crippen LogP contribution in [0.3, 0.4) is 0 Å². The highest BCUT2D eigenvalue weighted by Crippen LogP contribution is 2.37. The molecule has 0 bridgehead atoms. The molecule has 5 nitrogen and oxygen atoms in total. The lowest BCUT2D eigenvalue weighted by atomic mass is 9.78. The van der Waals surface area contributed by atoms with Crippen LogP contribution in [-0.4, -0.2) is 66.2 Å². The van der Waals surface area contributed by atoms with Crippen molar-refractivity contribution in [3.05, 3.63) is 28.8 Å². The number of piperazine rings is 1. The van der Waals surface area contributed by atoms with E-state index in [1.54, 1.807) is 6.07 Å². The summed E-state index contributed by atoms with van der Waals surface area (Å²) in [4.78, 5) is 17.1. The van der Waals surface area contributed by atoms with Gasteiger partial charge in [0, 0.05) is 48.3 Å². The summed E-state index contributed by atoms with van der Waals surface area (Å²) in [6.45, 7) is 15.7. The van der Waals surface area contributed by atoms with Gasteiger partial charge >= 0.3 is 7.12 Å². The van der Waals surface area contributed by atoms with Gasteiger partial charge in [0.15, 0.2) is 0 Å². The van der Waals surface area contributed by atoms with E-state index < -0.39 is 18.3 Å². The average Bonchev–Trinajstić information content (AvgIpc) is 2.81. The minimum absolute atomic E-state index is 0.0285. The summed E-state index contributed by atoms with van der Waals surface area (Å²) in [5, 5.41) is 0.500. The predicted molar refractivity (Wildman–Crippen MR) is 110 cm³/mol. The maximum absolute atomic E-state index is 12.9. The Balaban J connectivity index is 1.71. The Morgan fingerprint density at radius 1 is 1.07 bits per heavy atom. The first-order chi connectivity index (χ1) is 12.5. The molecule has 1 aromatic rings. The quantitative estimate of drug-likeness (QED) is 0.742. The fourth-order valence-electron chi connectivity index (χ4n) is 3.45. The van der Waals surface area contributed by atoms with Crippen molar-refractivity contribution < 1.29 is 14.1 Å². The van der Waals surface area contributed by atoms with E-state index in [9.17, 15) is 4.79 Å². The lowest BCUT2D eigenvalue weighted by molar-refractivity contribution is 0.00578. The molecule has 1 amide bonds. The summed E-state index contributed by atoms with van der Waals surface area (Å²) in [5.74, 6) is 0.0285. The molecule has 2 aliphatic heterocycles. The zero-order chi connectivity index (χ0) is 20.0. The smallest absolute Gasteiger partial charge is 0.399 e. The van der Waals surface area contributed by atoms with Crippen molar-refractivity contribution in [3.63, 3.8) is 0 Å². The summed E-state index contributed by atoms with van der Waals surface area (Å²) in [7, 11) is -0.527. The number of carbonyl (C=O) groups excluding carboxylic acids is 1. The van der Waals surface area contributed by atoms with Crippen molar-refractivity contribution in [2.75, 3.05) is 26.2 Å². The maximum Gasteiger partial charge on any atom is 0.496 e. The molecule has 0 N–H and O–H groups in total.